The van der Waals surface area contributed by atoms with E-state index in [1.807, 2.05) is 36.4 Å². The highest BCUT2D eigenvalue weighted by molar-refractivity contribution is 5.83. The molecule has 1 saturated carbocycles. The smallest absolute Gasteiger partial charge is 0.335 e. The molecule has 9 nitrogen and oxygen atoms in total. The van der Waals surface area contributed by atoms with Crippen LogP contribution in [0, 0.1) is 23.7 Å². The van der Waals surface area contributed by atoms with Gasteiger partial charge in [-0.25, -0.2) is 18.8 Å². The third-order valence-corrected chi connectivity index (χ3v) is 10.6. The van der Waals surface area contributed by atoms with Gasteiger partial charge in [-0.05, 0) is 86.6 Å². The number of carbonyl (C=O) groups is 1. The second-order valence-corrected chi connectivity index (χ2v) is 14.5. The van der Waals surface area contributed by atoms with Gasteiger partial charge in [-0.1, -0.05) is 42.5 Å². The Labute approximate surface area is 301 Å². The Morgan fingerprint density at radius 1 is 0.904 bits per heavy atom. The third-order valence-electron chi connectivity index (χ3n) is 10.6. The number of nitrogens with zero attached hydrogens (tertiary/aromatic N) is 6. The van der Waals surface area contributed by atoms with Crippen LogP contribution in [0.4, 0.5) is 18.0 Å². The summed E-state index contributed by atoms with van der Waals surface area (Å²) < 4.78 is 45.7. The van der Waals surface area contributed by atoms with Crippen molar-refractivity contribution in [3.63, 3.8) is 0 Å². The summed E-state index contributed by atoms with van der Waals surface area (Å²) in [6.45, 7) is 3.86. The standard InChI is InChI=1S/C34H36F3N7O2.C6H6/c1-23-30(29-13-18-39-43(29)27-9-7-24(22-38)8-10-27)42(32(46)41(23)28-6-4-5-25(21-28)34(35,36)37)31(45)40-26-11-14-33(15-12-26)16-19-44(2,3)20-17-33;1-2-4-6-5-3-1/h4-10,13,18,21,26H,11-12,14-17,19-20H2,1-3H3;1-6H/p+1. The Bertz CT molecular complexity index is 2080. The summed E-state index contributed by atoms with van der Waals surface area (Å²) in [5.41, 5.74) is 0.506. The first kappa shape index (κ1) is 36.4. The molecule has 3 heterocycles. The zero-order valence-corrected chi connectivity index (χ0v) is 29.6. The van der Waals surface area contributed by atoms with E-state index in [1.165, 1.54) is 23.0 Å². The lowest BCUT2D eigenvalue weighted by atomic mass is 9.66. The number of hydrogen-bond acceptors (Lipinski definition) is 4. The van der Waals surface area contributed by atoms with Crippen molar-refractivity contribution in [1.29, 1.82) is 5.26 Å². The van der Waals surface area contributed by atoms with Gasteiger partial charge in [0.2, 0.25) is 0 Å². The lowest BCUT2D eigenvalue weighted by Gasteiger charge is -2.47. The molecule has 2 fully saturated rings. The molecule has 5 aromatic rings. The highest BCUT2D eigenvalue weighted by Crippen LogP contribution is 2.45. The molecule has 1 aliphatic heterocycles. The number of nitrogens with one attached hydrogen (secondary N) is 1. The van der Waals surface area contributed by atoms with E-state index in [0.717, 1.165) is 77.4 Å². The molecule has 0 unspecified atom stereocenters. The minimum atomic E-state index is -4.62. The summed E-state index contributed by atoms with van der Waals surface area (Å²) in [6, 6.07) is 26.1. The number of hydrogen-bond donors (Lipinski definition) is 1. The molecule has 0 atom stereocenters. The third kappa shape index (κ3) is 7.75. The SMILES string of the molecule is Cc1c(-c2ccnn2-c2ccc(C#N)cc2)n(C(=O)NC2CCC3(CC2)CC[N+](C)(C)CC3)c(=O)n1-c1cccc(C(F)(F)F)c1.c1ccccc1. The number of quaternary nitrogens is 1. The van der Waals surface area contributed by atoms with Gasteiger partial charge in [0.1, 0.15) is 5.69 Å². The quantitative estimate of drug-likeness (QED) is 0.193. The fourth-order valence-corrected chi connectivity index (χ4v) is 7.40. The lowest BCUT2D eigenvalue weighted by Crippen LogP contribution is -2.52. The molecule has 1 N–H and O–H groups in total. The van der Waals surface area contributed by atoms with Crippen molar-refractivity contribution in [3.05, 3.63) is 124 Å². The van der Waals surface area contributed by atoms with Crippen molar-refractivity contribution in [1.82, 2.24) is 24.2 Å². The second-order valence-electron chi connectivity index (χ2n) is 14.5. The number of aromatic nitrogens is 4. The first-order chi connectivity index (χ1) is 24.8. The minimum Gasteiger partial charge on any atom is -0.335 e. The number of rotatable bonds is 4. The van der Waals surface area contributed by atoms with Crippen molar-refractivity contribution in [3.8, 4) is 28.8 Å². The van der Waals surface area contributed by atoms with Crippen molar-refractivity contribution in [2.75, 3.05) is 27.2 Å². The molecule has 1 aliphatic carbocycles. The fraction of sp³-hybridized carbons (Fsp3) is 0.350. The average Bonchev–Trinajstić information content (AvgIpc) is 3.73. The van der Waals surface area contributed by atoms with Crippen LogP contribution in [0.3, 0.4) is 0 Å². The highest BCUT2D eigenvalue weighted by Gasteiger charge is 2.42. The molecule has 0 bridgehead atoms. The van der Waals surface area contributed by atoms with Gasteiger partial charge in [-0.2, -0.15) is 23.5 Å². The van der Waals surface area contributed by atoms with Gasteiger partial charge in [0, 0.05) is 18.9 Å². The molecular formula is C40H43F3N7O2+. The predicted molar refractivity (Wildman–Crippen MR) is 193 cm³/mol. The van der Waals surface area contributed by atoms with Crippen LogP contribution in [-0.2, 0) is 6.18 Å². The van der Waals surface area contributed by atoms with E-state index in [-0.39, 0.29) is 28.5 Å². The number of alkyl halides is 3. The maximum absolute atomic E-state index is 14.1. The van der Waals surface area contributed by atoms with Gasteiger partial charge >= 0.3 is 17.9 Å². The van der Waals surface area contributed by atoms with E-state index in [4.69, 9.17) is 0 Å². The van der Waals surface area contributed by atoms with Crippen molar-refractivity contribution in [2.24, 2.45) is 5.41 Å². The number of benzene rings is 3. The summed E-state index contributed by atoms with van der Waals surface area (Å²) in [6.07, 6.45) is 2.79. The molecule has 12 heteroatoms. The van der Waals surface area contributed by atoms with Crippen LogP contribution in [0.15, 0.2) is 102 Å². The molecule has 1 amide bonds. The van der Waals surface area contributed by atoms with Crippen molar-refractivity contribution >= 4 is 6.03 Å². The van der Waals surface area contributed by atoms with E-state index in [2.05, 4.69) is 30.6 Å². The van der Waals surface area contributed by atoms with Gasteiger partial charge in [-0.3, -0.25) is 4.57 Å². The Morgan fingerprint density at radius 2 is 1.52 bits per heavy atom. The summed E-state index contributed by atoms with van der Waals surface area (Å²) in [5, 5.41) is 16.7. The van der Waals surface area contributed by atoms with Gasteiger partial charge in [-0.15, -0.1) is 0 Å². The second kappa shape index (κ2) is 14.7. The predicted octanol–water partition coefficient (Wildman–Crippen LogP) is 7.73. The molecule has 2 aromatic heterocycles. The first-order valence-electron chi connectivity index (χ1n) is 17.5. The monoisotopic (exact) mass is 710 g/mol. The van der Waals surface area contributed by atoms with Crippen LogP contribution in [0.5, 0.6) is 0 Å². The van der Waals surface area contributed by atoms with Crippen molar-refractivity contribution < 1.29 is 22.4 Å². The van der Waals surface area contributed by atoms with E-state index < -0.39 is 23.5 Å². The molecule has 7 rings (SSSR count). The highest BCUT2D eigenvalue weighted by atomic mass is 19.4. The van der Waals surface area contributed by atoms with E-state index >= 15 is 0 Å². The maximum atomic E-state index is 14.1. The molecular weight excluding hydrogens is 667 g/mol. The topological polar surface area (TPSA) is 97.6 Å². The van der Waals surface area contributed by atoms with Crippen LogP contribution in [0.1, 0.15) is 55.3 Å². The first-order valence-corrected chi connectivity index (χ1v) is 17.5. The zero-order chi connectivity index (χ0) is 37.1. The molecule has 1 spiro atoms. The zero-order valence-electron chi connectivity index (χ0n) is 29.6. The van der Waals surface area contributed by atoms with E-state index in [0.29, 0.717) is 16.9 Å². The summed E-state index contributed by atoms with van der Waals surface area (Å²) in [7, 11) is 4.52. The van der Waals surface area contributed by atoms with E-state index in [9.17, 15) is 28.0 Å². The average molecular weight is 711 g/mol. The number of halogens is 3. The molecule has 3 aromatic carbocycles. The van der Waals surface area contributed by atoms with Crippen LogP contribution in [0.25, 0.3) is 22.8 Å². The Kier molecular flexibility index (Phi) is 10.3. The molecule has 52 heavy (non-hydrogen) atoms. The number of carbonyl (C=O) groups excluding carboxylic acids is 1. The number of likely N-dealkylation sites (tertiary alicyclic amines) is 1. The summed E-state index contributed by atoms with van der Waals surface area (Å²) in [4.78, 5) is 28.1. The number of amides is 1. The Balaban J connectivity index is 0.000000703. The molecule has 270 valence electrons. The maximum Gasteiger partial charge on any atom is 0.416 e. The molecule has 0 radical (unpaired) electrons. The van der Waals surface area contributed by atoms with Gasteiger partial charge < -0.3 is 9.80 Å². The van der Waals surface area contributed by atoms with Crippen LogP contribution >= 0.6 is 0 Å². The summed E-state index contributed by atoms with van der Waals surface area (Å²) >= 11 is 0. The van der Waals surface area contributed by atoms with Gasteiger partial charge in [0.25, 0.3) is 0 Å². The number of nitriles is 1. The van der Waals surface area contributed by atoms with Crippen LogP contribution in [-0.4, -0.2) is 62.7 Å². The summed E-state index contributed by atoms with van der Waals surface area (Å²) in [5.74, 6) is 0. The number of piperidine rings is 1. The van der Waals surface area contributed by atoms with Gasteiger partial charge in [0.15, 0.2) is 0 Å². The molecule has 2 aliphatic rings. The minimum absolute atomic E-state index is 0.00667. The normalized spacial score (nSPS) is 16.8. The fourth-order valence-electron chi connectivity index (χ4n) is 7.40. The van der Waals surface area contributed by atoms with Crippen LogP contribution < -0.4 is 11.0 Å². The molecule has 1 saturated heterocycles. The Hall–Kier alpha value is -5.41. The van der Waals surface area contributed by atoms with Crippen molar-refractivity contribution in [2.45, 2.75) is 57.7 Å². The Morgan fingerprint density at radius 3 is 2.10 bits per heavy atom. The lowest BCUT2D eigenvalue weighted by molar-refractivity contribution is -0.897. The number of imidazole rings is 1. The van der Waals surface area contributed by atoms with E-state index in [1.54, 1.807) is 37.3 Å². The van der Waals surface area contributed by atoms with Gasteiger partial charge in [0.05, 0.1) is 73.3 Å². The van der Waals surface area contributed by atoms with Crippen LogP contribution in [0.2, 0.25) is 0 Å². The largest absolute Gasteiger partial charge is 0.416 e.